The van der Waals surface area contributed by atoms with E-state index >= 15 is 0 Å². The highest BCUT2D eigenvalue weighted by molar-refractivity contribution is 4.73. The van der Waals surface area contributed by atoms with Crippen molar-refractivity contribution >= 4 is 0 Å². The second kappa shape index (κ2) is 1.94. The standard InChI is InChI=1S/C6H13NO2/c1-6(2)4-3-5(8)7(6)9/h5,7-8H,3-4H2,1-2H3. The fourth-order valence-corrected chi connectivity index (χ4v) is 1.20. The summed E-state index contributed by atoms with van der Waals surface area (Å²) >= 11 is 0. The molecule has 1 aliphatic rings. The Balaban J connectivity index is 2.62. The zero-order valence-corrected chi connectivity index (χ0v) is 5.85. The van der Waals surface area contributed by atoms with Crippen LogP contribution in [0.3, 0.4) is 0 Å². The van der Waals surface area contributed by atoms with E-state index in [0.29, 0.717) is 6.42 Å². The summed E-state index contributed by atoms with van der Waals surface area (Å²) in [5.41, 5.74) is -0.264. The molecule has 1 heterocycles. The molecule has 1 saturated heterocycles. The van der Waals surface area contributed by atoms with Crippen LogP contribution in [-0.4, -0.2) is 16.9 Å². The van der Waals surface area contributed by atoms with Gasteiger partial charge in [0.2, 0.25) is 0 Å². The van der Waals surface area contributed by atoms with Crippen LogP contribution in [0.1, 0.15) is 26.7 Å². The molecule has 0 aliphatic carbocycles. The van der Waals surface area contributed by atoms with Crippen LogP contribution in [0.15, 0.2) is 0 Å². The maximum atomic E-state index is 11.0. The lowest BCUT2D eigenvalue weighted by atomic mass is 10.0. The molecule has 3 heteroatoms. The number of nitrogens with one attached hydrogen (secondary N) is 1. The average molecular weight is 131 g/mol. The topological polar surface area (TPSA) is 47.7 Å². The van der Waals surface area contributed by atoms with Gasteiger partial charge in [0.25, 0.3) is 0 Å². The van der Waals surface area contributed by atoms with Gasteiger partial charge in [-0.05, 0) is 13.8 Å². The molecule has 0 aromatic heterocycles. The highest BCUT2D eigenvalue weighted by Gasteiger charge is 2.37. The molecule has 2 atom stereocenters. The van der Waals surface area contributed by atoms with Gasteiger partial charge in [0.1, 0.15) is 0 Å². The van der Waals surface area contributed by atoms with Gasteiger partial charge >= 0.3 is 0 Å². The van der Waals surface area contributed by atoms with Crippen LogP contribution in [0.2, 0.25) is 0 Å². The van der Waals surface area contributed by atoms with E-state index in [1.165, 1.54) is 0 Å². The minimum atomic E-state index is -0.681. The molecule has 0 aromatic rings. The number of quaternary nitrogens is 1. The predicted octanol–water partition coefficient (Wildman–Crippen LogP) is -0.740. The number of rotatable bonds is 0. The highest BCUT2D eigenvalue weighted by atomic mass is 16.5. The van der Waals surface area contributed by atoms with E-state index in [4.69, 9.17) is 5.11 Å². The van der Waals surface area contributed by atoms with Gasteiger partial charge < -0.3 is 15.4 Å². The van der Waals surface area contributed by atoms with Crippen molar-refractivity contribution in [3.8, 4) is 0 Å². The van der Waals surface area contributed by atoms with E-state index in [9.17, 15) is 5.21 Å². The van der Waals surface area contributed by atoms with Crippen LogP contribution < -0.4 is 5.06 Å². The maximum Gasteiger partial charge on any atom is 0.189 e. The Morgan fingerprint density at radius 3 is 2.33 bits per heavy atom. The lowest BCUT2D eigenvalue weighted by molar-refractivity contribution is -0.931. The molecule has 9 heavy (non-hydrogen) atoms. The van der Waals surface area contributed by atoms with Crippen molar-refractivity contribution < 1.29 is 10.2 Å². The number of hydroxylamine groups is 2. The molecule has 0 aromatic carbocycles. The first-order chi connectivity index (χ1) is 4.04. The number of hydrogen-bond acceptors (Lipinski definition) is 2. The van der Waals surface area contributed by atoms with Gasteiger partial charge in [-0.1, -0.05) is 0 Å². The number of aliphatic hydroxyl groups is 1. The zero-order chi connectivity index (χ0) is 7.07. The fraction of sp³-hybridized carbons (Fsp3) is 1.00. The van der Waals surface area contributed by atoms with Gasteiger partial charge in [-0.15, -0.1) is 0 Å². The largest absolute Gasteiger partial charge is 0.632 e. The molecular formula is C6H13NO2. The summed E-state index contributed by atoms with van der Waals surface area (Å²) in [5, 5.41) is 20.0. The van der Waals surface area contributed by atoms with Gasteiger partial charge in [-0.2, -0.15) is 0 Å². The van der Waals surface area contributed by atoms with Crippen LogP contribution in [0.25, 0.3) is 0 Å². The summed E-state index contributed by atoms with van der Waals surface area (Å²) in [6.07, 6.45) is 0.791. The minimum Gasteiger partial charge on any atom is -0.632 e. The molecule has 1 fully saturated rings. The average Bonchev–Trinajstić information content (AvgIpc) is 1.97. The normalized spacial score (nSPS) is 41.3. The van der Waals surface area contributed by atoms with Crippen molar-refractivity contribution in [1.29, 1.82) is 0 Å². The lowest BCUT2D eigenvalue weighted by Crippen LogP contribution is -3.16. The fourth-order valence-electron chi connectivity index (χ4n) is 1.20. The summed E-state index contributed by atoms with van der Waals surface area (Å²) in [6.45, 7) is 3.76. The first kappa shape index (κ1) is 6.99. The van der Waals surface area contributed by atoms with Gasteiger partial charge in [-0.3, -0.25) is 0 Å². The van der Waals surface area contributed by atoms with E-state index in [1.54, 1.807) is 0 Å². The molecule has 0 radical (unpaired) electrons. The van der Waals surface area contributed by atoms with Crippen molar-refractivity contribution in [1.82, 2.24) is 0 Å². The van der Waals surface area contributed by atoms with E-state index in [-0.39, 0.29) is 10.6 Å². The third kappa shape index (κ3) is 1.08. The van der Waals surface area contributed by atoms with E-state index in [2.05, 4.69) is 0 Å². The van der Waals surface area contributed by atoms with E-state index in [1.807, 2.05) is 13.8 Å². The number of aliphatic hydroxyl groups excluding tert-OH is 1. The SMILES string of the molecule is CC1(C)CCC(O)[NH+]1[O-]. The molecule has 0 bridgehead atoms. The molecule has 2 N–H and O–H groups in total. The molecule has 0 spiro atoms. The molecule has 0 amide bonds. The quantitative estimate of drug-likeness (QED) is 0.425. The second-order valence-electron chi connectivity index (χ2n) is 3.30. The monoisotopic (exact) mass is 131 g/mol. The number of hydrogen-bond donors (Lipinski definition) is 2. The van der Waals surface area contributed by atoms with Crippen molar-refractivity contribution in [2.24, 2.45) is 0 Å². The summed E-state index contributed by atoms with van der Waals surface area (Å²) in [7, 11) is 0. The smallest absolute Gasteiger partial charge is 0.189 e. The molecule has 3 nitrogen and oxygen atoms in total. The molecule has 2 unspecified atom stereocenters. The Labute approximate surface area is 54.9 Å². The Hall–Kier alpha value is -0.120. The zero-order valence-electron chi connectivity index (χ0n) is 5.85. The van der Waals surface area contributed by atoms with Gasteiger partial charge in [-0.25, -0.2) is 0 Å². The van der Waals surface area contributed by atoms with Crippen molar-refractivity contribution in [3.05, 3.63) is 5.21 Å². The lowest BCUT2D eigenvalue weighted by Gasteiger charge is -2.33. The van der Waals surface area contributed by atoms with Crippen LogP contribution in [0.5, 0.6) is 0 Å². The molecule has 1 rings (SSSR count). The van der Waals surface area contributed by atoms with Crippen molar-refractivity contribution in [3.63, 3.8) is 0 Å². The Morgan fingerprint density at radius 1 is 1.67 bits per heavy atom. The minimum absolute atomic E-state index is 0.00231. The Morgan fingerprint density at radius 2 is 2.22 bits per heavy atom. The Bertz CT molecular complexity index is 114. The van der Waals surface area contributed by atoms with Crippen LogP contribution in [-0.2, 0) is 0 Å². The van der Waals surface area contributed by atoms with Gasteiger partial charge in [0.05, 0.1) is 5.54 Å². The highest BCUT2D eigenvalue weighted by Crippen LogP contribution is 2.14. The van der Waals surface area contributed by atoms with Crippen molar-refractivity contribution in [2.45, 2.75) is 38.5 Å². The molecule has 54 valence electrons. The predicted molar refractivity (Wildman–Crippen MR) is 33.6 cm³/mol. The van der Waals surface area contributed by atoms with Crippen LogP contribution in [0, 0.1) is 5.21 Å². The third-order valence-corrected chi connectivity index (χ3v) is 2.01. The van der Waals surface area contributed by atoms with E-state index < -0.39 is 6.23 Å². The first-order valence-electron chi connectivity index (χ1n) is 3.26. The summed E-state index contributed by atoms with van der Waals surface area (Å²) in [6, 6.07) is 0. The van der Waals surface area contributed by atoms with Crippen LogP contribution >= 0.6 is 0 Å². The van der Waals surface area contributed by atoms with Crippen molar-refractivity contribution in [2.75, 3.05) is 0 Å². The van der Waals surface area contributed by atoms with E-state index in [0.717, 1.165) is 6.42 Å². The third-order valence-electron chi connectivity index (χ3n) is 2.01. The summed E-state index contributed by atoms with van der Waals surface area (Å²) in [5.74, 6) is 0. The molecule has 1 aliphatic heterocycles. The molecular weight excluding hydrogens is 118 g/mol. The van der Waals surface area contributed by atoms with Crippen LogP contribution in [0.4, 0.5) is 0 Å². The van der Waals surface area contributed by atoms with Gasteiger partial charge in [0, 0.05) is 12.8 Å². The molecule has 0 saturated carbocycles. The second-order valence-corrected chi connectivity index (χ2v) is 3.30. The Kier molecular flexibility index (Phi) is 1.50. The first-order valence-corrected chi connectivity index (χ1v) is 3.26. The summed E-state index contributed by atoms with van der Waals surface area (Å²) < 4.78 is 0. The van der Waals surface area contributed by atoms with Gasteiger partial charge in [0.15, 0.2) is 6.23 Å². The maximum absolute atomic E-state index is 11.0. The summed E-state index contributed by atoms with van der Waals surface area (Å²) in [4.78, 5) is 0.